The van der Waals surface area contributed by atoms with Gasteiger partial charge in [-0.1, -0.05) is 32.9 Å². The van der Waals surface area contributed by atoms with Gasteiger partial charge in [-0.2, -0.15) is 0 Å². The maximum absolute atomic E-state index is 12.1. The van der Waals surface area contributed by atoms with Crippen molar-refractivity contribution in [1.82, 2.24) is 4.72 Å². The summed E-state index contributed by atoms with van der Waals surface area (Å²) in [4.78, 5) is 0.282. The van der Waals surface area contributed by atoms with Crippen LogP contribution in [0.5, 0.6) is 0 Å². The van der Waals surface area contributed by atoms with Crippen molar-refractivity contribution in [1.29, 1.82) is 0 Å². The first-order valence-corrected chi connectivity index (χ1v) is 7.96. The fraction of sp³-hybridized carbons (Fsp3) is 0.571. The Labute approximate surface area is 114 Å². The molecule has 0 unspecified atom stereocenters. The van der Waals surface area contributed by atoms with Crippen molar-refractivity contribution in [3.63, 3.8) is 0 Å². The van der Waals surface area contributed by atoms with Crippen LogP contribution in [0, 0.1) is 5.92 Å². The summed E-state index contributed by atoms with van der Waals surface area (Å²) in [5.74, 6) is 0.0728. The van der Waals surface area contributed by atoms with E-state index >= 15 is 0 Å². The Morgan fingerprint density at radius 3 is 2.26 bits per heavy atom. The smallest absolute Gasteiger partial charge is 0.240 e. The molecule has 1 aromatic carbocycles. The number of benzene rings is 1. The molecule has 2 rings (SSSR count). The van der Waals surface area contributed by atoms with Crippen molar-refractivity contribution in [2.45, 2.75) is 43.5 Å². The molecule has 5 heteroatoms. The Hall–Kier alpha value is -0.910. The van der Waals surface area contributed by atoms with E-state index in [-0.39, 0.29) is 28.9 Å². The Kier molecular flexibility index (Phi) is 3.73. The number of rotatable bonds is 4. The predicted octanol–water partition coefficient (Wildman–Crippen LogP) is 1.64. The topological polar surface area (TPSA) is 66.4 Å². The zero-order valence-corrected chi connectivity index (χ0v) is 12.4. The lowest BCUT2D eigenvalue weighted by molar-refractivity contribution is 0.273. The second-order valence-electron chi connectivity index (χ2n) is 6.18. The minimum Gasteiger partial charge on any atom is -0.396 e. The molecule has 0 saturated heterocycles. The van der Waals surface area contributed by atoms with Crippen molar-refractivity contribution >= 4 is 10.0 Å². The average Bonchev–Trinajstić information content (AvgIpc) is 3.06. The summed E-state index contributed by atoms with van der Waals surface area (Å²) in [7, 11) is -3.46. The van der Waals surface area contributed by atoms with Gasteiger partial charge in [-0.05, 0) is 35.4 Å². The minimum absolute atomic E-state index is 0.00813. The van der Waals surface area contributed by atoms with Gasteiger partial charge in [0, 0.05) is 12.6 Å². The van der Waals surface area contributed by atoms with Crippen LogP contribution in [0.15, 0.2) is 29.2 Å². The third-order valence-corrected chi connectivity index (χ3v) is 5.00. The molecule has 0 aromatic heterocycles. The fourth-order valence-corrected chi connectivity index (χ4v) is 3.31. The first-order chi connectivity index (χ1) is 8.74. The lowest BCUT2D eigenvalue weighted by Gasteiger charge is -2.19. The molecule has 1 saturated carbocycles. The Morgan fingerprint density at radius 1 is 1.26 bits per heavy atom. The quantitative estimate of drug-likeness (QED) is 0.883. The molecule has 106 valence electrons. The van der Waals surface area contributed by atoms with Crippen molar-refractivity contribution in [2.75, 3.05) is 6.61 Å². The number of sulfonamides is 1. The van der Waals surface area contributed by atoms with Crippen LogP contribution in [0.3, 0.4) is 0 Å². The predicted molar refractivity (Wildman–Crippen MR) is 74.4 cm³/mol. The van der Waals surface area contributed by atoms with Crippen LogP contribution in [-0.4, -0.2) is 26.2 Å². The molecule has 0 spiro atoms. The van der Waals surface area contributed by atoms with Crippen molar-refractivity contribution < 1.29 is 13.5 Å². The molecule has 0 amide bonds. The highest BCUT2D eigenvalue weighted by Crippen LogP contribution is 2.31. The second-order valence-corrected chi connectivity index (χ2v) is 7.89. The van der Waals surface area contributed by atoms with E-state index in [1.807, 2.05) is 12.1 Å². The van der Waals surface area contributed by atoms with E-state index in [2.05, 4.69) is 25.5 Å². The van der Waals surface area contributed by atoms with Gasteiger partial charge in [0.25, 0.3) is 0 Å². The summed E-state index contributed by atoms with van der Waals surface area (Å²) < 4.78 is 26.8. The largest absolute Gasteiger partial charge is 0.396 e. The maximum atomic E-state index is 12.1. The standard InChI is InChI=1S/C14H21NO3S/c1-14(2,3)11-4-6-12(7-5-11)19(17,18)15-13-8-10(13)9-16/h4-7,10,13,15-16H,8-9H2,1-3H3/t10-,13+/m0/s1. The molecule has 1 aliphatic carbocycles. The highest BCUT2D eigenvalue weighted by molar-refractivity contribution is 7.89. The van der Waals surface area contributed by atoms with Crippen LogP contribution in [0.25, 0.3) is 0 Å². The zero-order valence-electron chi connectivity index (χ0n) is 11.6. The summed E-state index contributed by atoms with van der Waals surface area (Å²) in [6.45, 7) is 6.30. The molecule has 1 fully saturated rings. The first kappa shape index (κ1) is 14.5. The lowest BCUT2D eigenvalue weighted by Crippen LogP contribution is -2.27. The van der Waals surface area contributed by atoms with Crippen molar-refractivity contribution in [3.8, 4) is 0 Å². The highest BCUT2D eigenvalue weighted by Gasteiger charge is 2.39. The molecule has 2 N–H and O–H groups in total. The van der Waals surface area contributed by atoms with Crippen LogP contribution in [0.4, 0.5) is 0 Å². The van der Waals surface area contributed by atoms with E-state index < -0.39 is 10.0 Å². The molecular weight excluding hydrogens is 262 g/mol. The fourth-order valence-electron chi connectivity index (χ4n) is 2.00. The highest BCUT2D eigenvalue weighted by atomic mass is 32.2. The SMILES string of the molecule is CC(C)(C)c1ccc(S(=O)(=O)N[C@@H]2C[C@H]2CO)cc1. The summed E-state index contributed by atoms with van der Waals surface area (Å²) in [5, 5.41) is 8.93. The van der Waals surface area contributed by atoms with Crippen LogP contribution in [-0.2, 0) is 15.4 Å². The molecule has 1 aliphatic rings. The number of nitrogens with one attached hydrogen (secondary N) is 1. The van der Waals surface area contributed by atoms with Crippen LogP contribution in [0.2, 0.25) is 0 Å². The molecule has 1 aromatic rings. The van der Waals surface area contributed by atoms with Crippen molar-refractivity contribution in [3.05, 3.63) is 29.8 Å². The van der Waals surface area contributed by atoms with Gasteiger partial charge in [-0.15, -0.1) is 0 Å². The number of hydrogen-bond donors (Lipinski definition) is 2. The van der Waals surface area contributed by atoms with Crippen LogP contribution >= 0.6 is 0 Å². The third kappa shape index (κ3) is 3.35. The molecule has 0 heterocycles. The van der Waals surface area contributed by atoms with E-state index in [9.17, 15) is 8.42 Å². The third-order valence-electron chi connectivity index (χ3n) is 3.49. The van der Waals surface area contributed by atoms with E-state index in [4.69, 9.17) is 5.11 Å². The molecule has 4 nitrogen and oxygen atoms in total. The lowest BCUT2D eigenvalue weighted by atomic mass is 9.87. The Morgan fingerprint density at radius 2 is 1.84 bits per heavy atom. The van der Waals surface area contributed by atoms with Gasteiger partial charge in [0.1, 0.15) is 0 Å². The van der Waals surface area contributed by atoms with Gasteiger partial charge >= 0.3 is 0 Å². The van der Waals surface area contributed by atoms with Gasteiger partial charge in [0.15, 0.2) is 0 Å². The van der Waals surface area contributed by atoms with Crippen molar-refractivity contribution in [2.24, 2.45) is 5.92 Å². The molecule has 0 radical (unpaired) electrons. The first-order valence-electron chi connectivity index (χ1n) is 6.48. The van der Waals surface area contributed by atoms with Gasteiger partial charge in [-0.25, -0.2) is 13.1 Å². The normalized spacial score (nSPS) is 23.4. The summed E-state index contributed by atoms with van der Waals surface area (Å²) in [6.07, 6.45) is 0.718. The second kappa shape index (κ2) is 4.89. The van der Waals surface area contributed by atoms with E-state index in [1.165, 1.54) is 0 Å². The Bertz CT molecular complexity index is 543. The summed E-state index contributed by atoms with van der Waals surface area (Å²) >= 11 is 0. The van der Waals surface area contributed by atoms with E-state index in [0.29, 0.717) is 0 Å². The van der Waals surface area contributed by atoms with Gasteiger partial charge < -0.3 is 5.11 Å². The van der Waals surface area contributed by atoms with E-state index in [0.717, 1.165) is 12.0 Å². The van der Waals surface area contributed by atoms with Crippen LogP contribution in [0.1, 0.15) is 32.8 Å². The number of aliphatic hydroxyl groups is 1. The van der Waals surface area contributed by atoms with E-state index in [1.54, 1.807) is 12.1 Å². The summed E-state index contributed by atoms with van der Waals surface area (Å²) in [5.41, 5.74) is 1.11. The minimum atomic E-state index is -3.46. The maximum Gasteiger partial charge on any atom is 0.240 e. The molecule has 0 bridgehead atoms. The van der Waals surface area contributed by atoms with Gasteiger partial charge in [0.2, 0.25) is 10.0 Å². The number of hydrogen-bond acceptors (Lipinski definition) is 3. The van der Waals surface area contributed by atoms with Crippen LogP contribution < -0.4 is 4.72 Å². The Balaban J connectivity index is 2.13. The monoisotopic (exact) mass is 283 g/mol. The average molecular weight is 283 g/mol. The van der Waals surface area contributed by atoms with Gasteiger partial charge in [0.05, 0.1) is 4.90 Å². The molecule has 19 heavy (non-hydrogen) atoms. The zero-order chi connectivity index (χ0) is 14.3. The van der Waals surface area contributed by atoms with Gasteiger partial charge in [-0.3, -0.25) is 0 Å². The number of aliphatic hydroxyl groups excluding tert-OH is 1. The molecule has 0 aliphatic heterocycles. The summed E-state index contributed by atoms with van der Waals surface area (Å²) in [6, 6.07) is 6.87. The molecule has 2 atom stereocenters. The molecular formula is C14H21NO3S.